The van der Waals surface area contributed by atoms with Crippen LogP contribution in [0.5, 0.6) is 0 Å². The second-order valence-electron chi connectivity index (χ2n) is 2.55. The summed E-state index contributed by atoms with van der Waals surface area (Å²) < 4.78 is 14.6. The van der Waals surface area contributed by atoms with Crippen LogP contribution in [0, 0.1) is 0 Å². The van der Waals surface area contributed by atoms with Crippen molar-refractivity contribution in [1.82, 2.24) is 0 Å². The molecule has 0 amide bonds. The summed E-state index contributed by atoms with van der Waals surface area (Å²) >= 11 is 0. The number of aliphatic hydroxyl groups is 1. The van der Waals surface area contributed by atoms with E-state index in [0.29, 0.717) is 6.42 Å². The molecule has 74 valence electrons. The molecule has 0 aliphatic rings. The zero-order valence-electron chi connectivity index (χ0n) is 6.80. The summed E-state index contributed by atoms with van der Waals surface area (Å²) in [5.74, 6) is 0. The first-order chi connectivity index (χ1) is 5.33. The van der Waals surface area contributed by atoms with Crippen molar-refractivity contribution in [2.45, 2.75) is 25.5 Å². The van der Waals surface area contributed by atoms with Gasteiger partial charge >= 0.3 is 7.82 Å². The molecule has 1 atom stereocenters. The first kappa shape index (κ1) is 12.0. The van der Waals surface area contributed by atoms with E-state index in [2.05, 4.69) is 4.52 Å². The Morgan fingerprint density at radius 1 is 1.58 bits per heavy atom. The number of phosphoric ester groups is 1. The number of hydrogen-bond acceptors (Lipinski definition) is 4. The minimum absolute atomic E-state index is 0.189. The minimum atomic E-state index is -4.62. The Morgan fingerprint density at radius 2 is 2.08 bits per heavy atom. The Bertz CT molecular complexity index is 181. The second kappa shape index (κ2) is 4.32. The molecule has 0 aromatic heterocycles. The molecule has 0 aliphatic heterocycles. The highest BCUT2D eigenvalue weighted by Crippen LogP contribution is 2.40. The maximum absolute atomic E-state index is 10.4. The van der Waals surface area contributed by atoms with Crippen LogP contribution in [-0.2, 0) is 9.09 Å². The van der Waals surface area contributed by atoms with Gasteiger partial charge in [0.05, 0.1) is 6.61 Å². The fraction of sp³-hybridized carbons (Fsp3) is 1.00. The number of aliphatic hydroxyl groups excluding tert-OH is 1. The summed E-state index contributed by atoms with van der Waals surface area (Å²) in [6.07, 6.45) is 0.756. The Morgan fingerprint density at radius 3 is 2.33 bits per heavy atom. The van der Waals surface area contributed by atoms with Gasteiger partial charge in [-0.15, -0.1) is 0 Å². The van der Waals surface area contributed by atoms with Gasteiger partial charge in [0.1, 0.15) is 0 Å². The molecule has 0 rings (SSSR count). The zero-order valence-corrected chi connectivity index (χ0v) is 7.70. The van der Waals surface area contributed by atoms with Crippen molar-refractivity contribution < 1.29 is 24.0 Å². The number of hydrogen-bond donors (Lipinski definition) is 4. The molecule has 0 aromatic rings. The fourth-order valence-corrected chi connectivity index (χ4v) is 1.44. The van der Waals surface area contributed by atoms with Crippen LogP contribution in [0.1, 0.15) is 19.8 Å². The van der Waals surface area contributed by atoms with E-state index in [-0.39, 0.29) is 6.42 Å². The molecule has 0 radical (unpaired) electrons. The van der Waals surface area contributed by atoms with Crippen molar-refractivity contribution in [3.05, 3.63) is 0 Å². The van der Waals surface area contributed by atoms with Crippen LogP contribution >= 0.6 is 7.82 Å². The van der Waals surface area contributed by atoms with E-state index in [4.69, 9.17) is 20.6 Å². The Balaban J connectivity index is 4.23. The molecule has 0 saturated carbocycles. The van der Waals surface area contributed by atoms with E-state index in [1.54, 1.807) is 6.92 Å². The van der Waals surface area contributed by atoms with Gasteiger partial charge in [0.25, 0.3) is 0 Å². The van der Waals surface area contributed by atoms with Gasteiger partial charge in [-0.25, -0.2) is 4.57 Å². The van der Waals surface area contributed by atoms with E-state index in [0.717, 1.165) is 0 Å². The average Bonchev–Trinajstić information content (AvgIpc) is 1.84. The molecule has 0 bridgehead atoms. The maximum atomic E-state index is 10.4. The third-order valence-corrected chi connectivity index (χ3v) is 1.84. The number of phosphoric acid groups is 1. The molecular weight excluding hydrogens is 185 g/mol. The van der Waals surface area contributed by atoms with Crippen molar-refractivity contribution >= 4 is 7.82 Å². The topological polar surface area (TPSA) is 113 Å². The lowest BCUT2D eigenvalue weighted by molar-refractivity contribution is -0.0153. The molecule has 1 unspecified atom stereocenters. The summed E-state index contributed by atoms with van der Waals surface area (Å²) in [6.45, 7) is 1.15. The quantitative estimate of drug-likeness (QED) is 0.352. The molecule has 0 fully saturated rings. The summed E-state index contributed by atoms with van der Waals surface area (Å²) in [7, 11) is -4.62. The van der Waals surface area contributed by atoms with Gasteiger partial charge in [-0.3, -0.25) is 4.52 Å². The summed E-state index contributed by atoms with van der Waals surface area (Å²) in [4.78, 5) is 16.8. The van der Waals surface area contributed by atoms with E-state index in [1.165, 1.54) is 0 Å². The van der Waals surface area contributed by atoms with Crippen molar-refractivity contribution in [1.29, 1.82) is 0 Å². The van der Waals surface area contributed by atoms with Gasteiger partial charge in [-0.1, -0.05) is 13.3 Å². The predicted molar refractivity (Wildman–Crippen MR) is 42.0 cm³/mol. The standard InChI is InChI=1S/C5H14NO5P/c1-2-3-5(6,4-7)11-12(8,9)10/h7H,2-4,6H2,1H3,(H2,8,9,10). The SMILES string of the molecule is CCCC(N)(CO)OP(=O)(O)O. The molecule has 0 heterocycles. The molecule has 6 nitrogen and oxygen atoms in total. The van der Waals surface area contributed by atoms with Crippen molar-refractivity contribution in [2.24, 2.45) is 5.73 Å². The summed E-state index contributed by atoms with van der Waals surface area (Å²) in [5, 5.41) is 8.69. The first-order valence-electron chi connectivity index (χ1n) is 3.49. The van der Waals surface area contributed by atoms with Crippen LogP contribution < -0.4 is 5.73 Å². The highest BCUT2D eigenvalue weighted by molar-refractivity contribution is 7.46. The molecule has 0 saturated heterocycles. The van der Waals surface area contributed by atoms with Crippen LogP contribution in [0.3, 0.4) is 0 Å². The second-order valence-corrected chi connectivity index (χ2v) is 3.72. The van der Waals surface area contributed by atoms with Gasteiger partial charge in [0.15, 0.2) is 5.72 Å². The van der Waals surface area contributed by atoms with Gasteiger partial charge in [-0.05, 0) is 6.42 Å². The first-order valence-corrected chi connectivity index (χ1v) is 5.02. The highest BCUT2D eigenvalue weighted by Gasteiger charge is 2.32. The Hall–Kier alpha value is 0.0300. The zero-order chi connectivity index (χ0) is 9.83. The van der Waals surface area contributed by atoms with Crippen LogP contribution in [0.2, 0.25) is 0 Å². The molecule has 0 aromatic carbocycles. The fourth-order valence-electron chi connectivity index (χ4n) is 0.814. The molecule has 0 spiro atoms. The molecule has 7 heteroatoms. The summed E-state index contributed by atoms with van der Waals surface area (Å²) in [6, 6.07) is 0. The maximum Gasteiger partial charge on any atom is 0.471 e. The Kier molecular flexibility index (Phi) is 4.33. The minimum Gasteiger partial charge on any atom is -0.392 e. The number of rotatable bonds is 5. The monoisotopic (exact) mass is 199 g/mol. The average molecular weight is 199 g/mol. The van der Waals surface area contributed by atoms with E-state index in [1.807, 2.05) is 0 Å². The van der Waals surface area contributed by atoms with Crippen LogP contribution in [0.4, 0.5) is 0 Å². The van der Waals surface area contributed by atoms with E-state index < -0.39 is 20.2 Å². The smallest absolute Gasteiger partial charge is 0.392 e. The van der Waals surface area contributed by atoms with Gasteiger partial charge in [0.2, 0.25) is 0 Å². The van der Waals surface area contributed by atoms with Gasteiger partial charge < -0.3 is 20.6 Å². The normalized spacial score (nSPS) is 17.4. The molecule has 0 aliphatic carbocycles. The third-order valence-electron chi connectivity index (χ3n) is 1.24. The van der Waals surface area contributed by atoms with Crippen LogP contribution in [0.15, 0.2) is 0 Å². The van der Waals surface area contributed by atoms with E-state index >= 15 is 0 Å². The number of nitrogens with two attached hydrogens (primary N) is 1. The third kappa shape index (κ3) is 4.82. The van der Waals surface area contributed by atoms with Gasteiger partial charge in [-0.2, -0.15) is 0 Å². The van der Waals surface area contributed by atoms with Crippen LogP contribution in [0.25, 0.3) is 0 Å². The lowest BCUT2D eigenvalue weighted by Gasteiger charge is -2.26. The Labute approximate surface area is 70.6 Å². The van der Waals surface area contributed by atoms with Gasteiger partial charge in [0, 0.05) is 0 Å². The lowest BCUT2D eigenvalue weighted by Crippen LogP contribution is -2.45. The predicted octanol–water partition coefficient (Wildman–Crippen LogP) is -0.457. The lowest BCUT2D eigenvalue weighted by atomic mass is 10.1. The summed E-state index contributed by atoms with van der Waals surface area (Å²) in [5.41, 5.74) is 3.70. The van der Waals surface area contributed by atoms with Crippen molar-refractivity contribution in [3.8, 4) is 0 Å². The van der Waals surface area contributed by atoms with Crippen molar-refractivity contribution in [3.63, 3.8) is 0 Å². The van der Waals surface area contributed by atoms with E-state index in [9.17, 15) is 4.57 Å². The largest absolute Gasteiger partial charge is 0.471 e. The molecule has 5 N–H and O–H groups in total. The van der Waals surface area contributed by atoms with Crippen LogP contribution in [-0.4, -0.2) is 27.2 Å². The molecular formula is C5H14NO5P. The molecule has 12 heavy (non-hydrogen) atoms. The van der Waals surface area contributed by atoms with Crippen molar-refractivity contribution in [2.75, 3.05) is 6.61 Å². The highest BCUT2D eigenvalue weighted by atomic mass is 31.2.